The lowest BCUT2D eigenvalue weighted by atomic mass is 9.91. The fourth-order valence-corrected chi connectivity index (χ4v) is 4.92. The Hall–Kier alpha value is -6.72. The van der Waals surface area contributed by atoms with Gasteiger partial charge in [0.25, 0.3) is 0 Å². The first-order valence-corrected chi connectivity index (χ1v) is 11.7. The van der Waals surface area contributed by atoms with Crippen molar-refractivity contribution < 1.29 is 17.6 Å². The van der Waals surface area contributed by atoms with Gasteiger partial charge in [0.05, 0.1) is 34.4 Å². The van der Waals surface area contributed by atoms with Crippen molar-refractivity contribution in [2.75, 3.05) is 0 Å². The summed E-state index contributed by atoms with van der Waals surface area (Å²) >= 11 is 0. The summed E-state index contributed by atoms with van der Waals surface area (Å²) in [5, 5.41) is 57.9. The molecule has 10 heteroatoms. The van der Waals surface area contributed by atoms with E-state index in [1.54, 1.807) is 24.3 Å². The van der Waals surface area contributed by atoms with Gasteiger partial charge < -0.3 is 0 Å². The summed E-state index contributed by atoms with van der Waals surface area (Å²) in [6.07, 6.45) is 0. The number of benzene rings is 4. The first-order valence-electron chi connectivity index (χ1n) is 11.7. The molecule has 0 heterocycles. The van der Waals surface area contributed by atoms with Crippen molar-refractivity contribution in [3.8, 4) is 69.8 Å². The minimum absolute atomic E-state index is 0.0141. The van der Waals surface area contributed by atoms with Crippen LogP contribution in [0.25, 0.3) is 39.0 Å². The second kappa shape index (κ2) is 10.1. The van der Waals surface area contributed by atoms with E-state index in [0.717, 1.165) is 24.3 Å². The van der Waals surface area contributed by atoms with Gasteiger partial charge in [-0.05, 0) is 81.9 Å². The highest BCUT2D eigenvalue weighted by Gasteiger charge is 2.31. The Morgan fingerprint density at radius 3 is 1.14 bits per heavy atom. The van der Waals surface area contributed by atoms with Gasteiger partial charge in [-0.2, -0.15) is 31.6 Å². The van der Waals surface area contributed by atoms with Crippen LogP contribution in [-0.2, 0) is 0 Å². The molecule has 6 nitrogen and oxygen atoms in total. The summed E-state index contributed by atoms with van der Waals surface area (Å²) in [7, 11) is 0. The summed E-state index contributed by atoms with van der Waals surface area (Å²) in [6.45, 7) is 0. The lowest BCUT2D eigenvalue weighted by Crippen LogP contribution is -1.95. The molecule has 0 N–H and O–H groups in total. The molecule has 0 saturated heterocycles. The van der Waals surface area contributed by atoms with Gasteiger partial charge in [-0.3, -0.25) is 0 Å². The third-order valence-electron chi connectivity index (χ3n) is 6.78. The topological polar surface area (TPSA) is 143 Å². The van der Waals surface area contributed by atoms with Crippen LogP contribution in [0.4, 0.5) is 17.6 Å². The van der Waals surface area contributed by atoms with Crippen molar-refractivity contribution >= 4 is 5.57 Å². The van der Waals surface area contributed by atoms with Gasteiger partial charge in [0, 0.05) is 16.7 Å². The lowest BCUT2D eigenvalue weighted by molar-refractivity contribution is 0.507. The SMILES string of the molecule is N#CC(C#N)=C1c2cc(-c3cc(F)c(F)c(C#N)c3)c(C#N)cc2-c2cc(C#N)c(-c3cc(F)c(F)c(C#N)c3)cc21. The number of hydrogen-bond acceptors (Lipinski definition) is 6. The summed E-state index contributed by atoms with van der Waals surface area (Å²) in [5.41, 5.74) is -0.270. The number of nitriles is 6. The van der Waals surface area contributed by atoms with Gasteiger partial charge in [0.2, 0.25) is 0 Å². The Morgan fingerprint density at radius 1 is 0.429 bits per heavy atom. The first-order chi connectivity index (χ1) is 20.2. The van der Waals surface area contributed by atoms with Crippen LogP contribution in [0.15, 0.2) is 54.1 Å². The molecular formula is C32H8F4N6. The van der Waals surface area contributed by atoms with Gasteiger partial charge >= 0.3 is 0 Å². The third-order valence-corrected chi connectivity index (χ3v) is 6.78. The molecule has 4 aromatic rings. The minimum Gasteiger partial charge on any atom is -0.204 e. The monoisotopic (exact) mass is 552 g/mol. The molecule has 0 unspecified atom stereocenters. The maximum Gasteiger partial charge on any atom is 0.176 e. The molecule has 0 bridgehead atoms. The van der Waals surface area contributed by atoms with E-state index in [1.807, 2.05) is 12.1 Å². The minimum atomic E-state index is -1.36. The molecule has 42 heavy (non-hydrogen) atoms. The predicted molar refractivity (Wildman–Crippen MR) is 139 cm³/mol. The van der Waals surface area contributed by atoms with Crippen LogP contribution in [-0.4, -0.2) is 0 Å². The summed E-state index contributed by atoms with van der Waals surface area (Å²) in [4.78, 5) is 0. The van der Waals surface area contributed by atoms with Crippen LogP contribution >= 0.6 is 0 Å². The predicted octanol–water partition coefficient (Wildman–Crippen LogP) is 6.89. The van der Waals surface area contributed by atoms with Crippen molar-refractivity contribution in [3.05, 3.63) is 111 Å². The maximum absolute atomic E-state index is 14.3. The number of fused-ring (bicyclic) bond motifs is 3. The van der Waals surface area contributed by atoms with Crippen LogP contribution in [0.1, 0.15) is 33.4 Å². The van der Waals surface area contributed by atoms with Gasteiger partial charge in [-0.25, -0.2) is 17.6 Å². The second-order valence-electron chi connectivity index (χ2n) is 8.95. The van der Waals surface area contributed by atoms with E-state index in [4.69, 9.17) is 0 Å². The van der Waals surface area contributed by atoms with E-state index in [0.29, 0.717) is 11.1 Å². The molecule has 194 valence electrons. The number of allylic oxidation sites excluding steroid dienone is 1. The fourth-order valence-electron chi connectivity index (χ4n) is 4.92. The highest BCUT2D eigenvalue weighted by molar-refractivity contribution is 6.07. The molecule has 0 atom stereocenters. The average molecular weight is 552 g/mol. The summed E-state index contributed by atoms with van der Waals surface area (Å²) in [5.74, 6) is -5.38. The lowest BCUT2D eigenvalue weighted by Gasteiger charge is -2.11. The van der Waals surface area contributed by atoms with Crippen LogP contribution in [0.2, 0.25) is 0 Å². The third kappa shape index (κ3) is 3.99. The van der Waals surface area contributed by atoms with E-state index in [-0.39, 0.29) is 55.7 Å². The molecule has 0 aromatic heterocycles. The van der Waals surface area contributed by atoms with Crippen molar-refractivity contribution in [2.24, 2.45) is 0 Å². The van der Waals surface area contributed by atoms with Crippen molar-refractivity contribution in [3.63, 3.8) is 0 Å². The number of hydrogen-bond donors (Lipinski definition) is 0. The standard InChI is InChI=1S/C32H8F4N6/c33-28-5-15(1-19(11-39)31(28)35)22-7-26-24(3-17(22)9-37)25-4-18(10-38)23(8-27(25)30(26)21(13-41)14-42)16-2-20(12-40)32(36)29(34)6-16/h1-8H. The molecule has 1 aliphatic carbocycles. The molecule has 0 saturated carbocycles. The Kier molecular flexibility index (Phi) is 6.47. The molecule has 0 amide bonds. The Bertz CT molecular complexity index is 2050. The molecule has 0 fully saturated rings. The van der Waals surface area contributed by atoms with Crippen LogP contribution < -0.4 is 0 Å². The Balaban J connectivity index is 1.86. The van der Waals surface area contributed by atoms with Crippen molar-refractivity contribution in [1.82, 2.24) is 0 Å². The molecule has 4 aromatic carbocycles. The largest absolute Gasteiger partial charge is 0.204 e. The van der Waals surface area contributed by atoms with Gasteiger partial charge in [-0.1, -0.05) is 0 Å². The van der Waals surface area contributed by atoms with Gasteiger partial charge in [0.1, 0.15) is 29.8 Å². The zero-order chi connectivity index (χ0) is 30.3. The van der Waals surface area contributed by atoms with Crippen LogP contribution in [0, 0.1) is 91.3 Å². The van der Waals surface area contributed by atoms with E-state index in [2.05, 4.69) is 0 Å². The first kappa shape index (κ1) is 26.9. The van der Waals surface area contributed by atoms with E-state index >= 15 is 0 Å². The number of halogens is 4. The van der Waals surface area contributed by atoms with E-state index in [1.165, 1.54) is 24.3 Å². The van der Waals surface area contributed by atoms with Gasteiger partial charge in [0.15, 0.2) is 23.3 Å². The van der Waals surface area contributed by atoms with E-state index in [9.17, 15) is 49.1 Å². The molecule has 1 aliphatic rings. The van der Waals surface area contributed by atoms with Crippen molar-refractivity contribution in [1.29, 1.82) is 31.6 Å². The molecule has 0 radical (unpaired) electrons. The quantitative estimate of drug-likeness (QED) is 0.172. The molecular weight excluding hydrogens is 544 g/mol. The Morgan fingerprint density at radius 2 is 0.810 bits per heavy atom. The Labute approximate surface area is 235 Å². The van der Waals surface area contributed by atoms with Gasteiger partial charge in [-0.15, -0.1) is 0 Å². The fraction of sp³-hybridized carbons (Fsp3) is 0. The zero-order valence-corrected chi connectivity index (χ0v) is 20.8. The number of nitrogens with zero attached hydrogens (tertiary/aromatic N) is 6. The van der Waals surface area contributed by atoms with Crippen molar-refractivity contribution in [2.45, 2.75) is 0 Å². The normalized spacial score (nSPS) is 10.7. The van der Waals surface area contributed by atoms with Crippen LogP contribution in [0.3, 0.4) is 0 Å². The average Bonchev–Trinajstić information content (AvgIpc) is 3.31. The highest BCUT2D eigenvalue weighted by Crippen LogP contribution is 2.50. The van der Waals surface area contributed by atoms with Crippen LogP contribution in [0.5, 0.6) is 0 Å². The molecule has 5 rings (SSSR count). The zero-order valence-electron chi connectivity index (χ0n) is 20.8. The highest BCUT2D eigenvalue weighted by atomic mass is 19.2. The summed E-state index contributed by atoms with van der Waals surface area (Å²) < 4.78 is 56.8. The smallest absolute Gasteiger partial charge is 0.176 e. The summed E-state index contributed by atoms with van der Waals surface area (Å²) in [6, 6.07) is 19.9. The van der Waals surface area contributed by atoms with E-state index < -0.39 is 34.4 Å². The number of rotatable bonds is 2. The molecule has 0 aliphatic heterocycles. The second-order valence-corrected chi connectivity index (χ2v) is 8.95. The molecule has 0 spiro atoms. The maximum atomic E-state index is 14.3.